The van der Waals surface area contributed by atoms with Gasteiger partial charge in [-0.3, -0.25) is 5.32 Å². The number of carbonyl (C=O) groups excluding carboxylic acids is 1. The molecule has 100 valence electrons. The SMILES string of the molecule is CCC1CCc2scc(NC(=O)OC(C)(C)C)c21. The molecule has 0 aliphatic heterocycles. The van der Waals surface area contributed by atoms with E-state index in [-0.39, 0.29) is 6.09 Å². The first kappa shape index (κ1) is 13.4. The molecule has 4 heteroatoms. The first-order valence-corrected chi connectivity index (χ1v) is 7.39. The van der Waals surface area contributed by atoms with Crippen molar-refractivity contribution in [3.8, 4) is 0 Å². The molecule has 0 bridgehead atoms. The van der Waals surface area contributed by atoms with Gasteiger partial charge in [0.05, 0.1) is 5.69 Å². The van der Waals surface area contributed by atoms with Gasteiger partial charge in [-0.15, -0.1) is 11.3 Å². The molecule has 1 aromatic heterocycles. The van der Waals surface area contributed by atoms with Crippen LogP contribution in [0.4, 0.5) is 10.5 Å². The Hall–Kier alpha value is -1.03. The average molecular weight is 267 g/mol. The van der Waals surface area contributed by atoms with Gasteiger partial charge in [0.25, 0.3) is 0 Å². The summed E-state index contributed by atoms with van der Waals surface area (Å²) in [6.45, 7) is 7.83. The lowest BCUT2D eigenvalue weighted by Crippen LogP contribution is -2.27. The molecule has 1 amide bonds. The van der Waals surface area contributed by atoms with E-state index in [0.29, 0.717) is 5.92 Å². The molecular weight excluding hydrogens is 246 g/mol. The molecule has 0 saturated heterocycles. The monoisotopic (exact) mass is 267 g/mol. The van der Waals surface area contributed by atoms with Gasteiger partial charge in [0.1, 0.15) is 5.60 Å². The molecule has 3 nitrogen and oxygen atoms in total. The van der Waals surface area contributed by atoms with Crippen LogP contribution >= 0.6 is 11.3 Å². The van der Waals surface area contributed by atoms with Gasteiger partial charge in [-0.2, -0.15) is 0 Å². The molecular formula is C14H21NO2S. The summed E-state index contributed by atoms with van der Waals surface area (Å²) in [7, 11) is 0. The van der Waals surface area contributed by atoms with Gasteiger partial charge in [0.15, 0.2) is 0 Å². The molecule has 0 saturated carbocycles. The quantitative estimate of drug-likeness (QED) is 0.854. The summed E-state index contributed by atoms with van der Waals surface area (Å²) in [6.07, 6.45) is 3.13. The third kappa shape index (κ3) is 2.86. The van der Waals surface area contributed by atoms with Gasteiger partial charge >= 0.3 is 6.09 Å². The van der Waals surface area contributed by atoms with Crippen molar-refractivity contribution in [1.82, 2.24) is 0 Å². The topological polar surface area (TPSA) is 38.3 Å². The largest absolute Gasteiger partial charge is 0.444 e. The van der Waals surface area contributed by atoms with Crippen LogP contribution in [0.3, 0.4) is 0 Å². The normalized spacial score (nSPS) is 18.6. The van der Waals surface area contributed by atoms with E-state index in [9.17, 15) is 4.79 Å². The lowest BCUT2D eigenvalue weighted by molar-refractivity contribution is 0.0636. The Morgan fingerprint density at radius 1 is 1.56 bits per heavy atom. The average Bonchev–Trinajstić information content (AvgIpc) is 2.78. The highest BCUT2D eigenvalue weighted by Crippen LogP contribution is 2.44. The molecule has 0 fully saturated rings. The standard InChI is InChI=1S/C14H21NO2S/c1-5-9-6-7-11-12(9)10(8-18-11)15-13(16)17-14(2,3)4/h8-9H,5-7H2,1-4H3,(H,15,16). The first-order valence-electron chi connectivity index (χ1n) is 6.51. The van der Waals surface area contributed by atoms with Crippen molar-refractivity contribution in [1.29, 1.82) is 0 Å². The van der Waals surface area contributed by atoms with E-state index >= 15 is 0 Å². The number of carbonyl (C=O) groups is 1. The minimum atomic E-state index is -0.451. The van der Waals surface area contributed by atoms with Crippen molar-refractivity contribution < 1.29 is 9.53 Å². The molecule has 18 heavy (non-hydrogen) atoms. The zero-order valence-electron chi connectivity index (χ0n) is 11.5. The number of hydrogen-bond acceptors (Lipinski definition) is 3. The van der Waals surface area contributed by atoms with Crippen molar-refractivity contribution in [2.24, 2.45) is 0 Å². The molecule has 1 heterocycles. The summed E-state index contributed by atoms with van der Waals surface area (Å²) < 4.78 is 5.29. The van der Waals surface area contributed by atoms with Gasteiger partial charge in [-0.25, -0.2) is 4.79 Å². The van der Waals surface area contributed by atoms with Gasteiger partial charge in [-0.1, -0.05) is 6.92 Å². The lowest BCUT2D eigenvalue weighted by atomic mass is 10.00. The third-order valence-corrected chi connectivity index (χ3v) is 4.23. The minimum Gasteiger partial charge on any atom is -0.444 e. The van der Waals surface area contributed by atoms with Gasteiger partial charge in [0, 0.05) is 10.3 Å². The van der Waals surface area contributed by atoms with E-state index in [2.05, 4.69) is 12.2 Å². The fourth-order valence-electron chi connectivity index (χ4n) is 2.42. The Bertz CT molecular complexity index is 445. The number of anilines is 1. The molecule has 1 unspecified atom stereocenters. The summed E-state index contributed by atoms with van der Waals surface area (Å²) in [5, 5.41) is 4.93. The van der Waals surface area contributed by atoms with Crippen LogP contribution in [0.15, 0.2) is 5.38 Å². The molecule has 1 aliphatic rings. The van der Waals surface area contributed by atoms with Crippen LogP contribution in [-0.2, 0) is 11.2 Å². The number of thiophene rings is 1. The molecule has 2 rings (SSSR count). The summed E-state index contributed by atoms with van der Waals surface area (Å²) in [5.41, 5.74) is 1.84. The Balaban J connectivity index is 2.09. The Labute approximate surface area is 113 Å². The van der Waals surface area contributed by atoms with Gasteiger partial charge in [0.2, 0.25) is 0 Å². The van der Waals surface area contributed by atoms with E-state index in [1.165, 1.54) is 16.9 Å². The highest BCUT2D eigenvalue weighted by molar-refractivity contribution is 7.10. The highest BCUT2D eigenvalue weighted by Gasteiger charge is 2.27. The van der Waals surface area contributed by atoms with Crippen molar-refractivity contribution >= 4 is 23.1 Å². The van der Waals surface area contributed by atoms with Crippen LogP contribution in [0.5, 0.6) is 0 Å². The third-order valence-electron chi connectivity index (χ3n) is 3.17. The Kier molecular flexibility index (Phi) is 3.66. The fourth-order valence-corrected chi connectivity index (χ4v) is 3.50. The van der Waals surface area contributed by atoms with Crippen molar-refractivity contribution in [3.05, 3.63) is 15.8 Å². The van der Waals surface area contributed by atoms with Crippen molar-refractivity contribution in [2.45, 2.75) is 58.5 Å². The Morgan fingerprint density at radius 3 is 2.89 bits per heavy atom. The predicted molar refractivity (Wildman–Crippen MR) is 75.5 cm³/mol. The second-order valence-electron chi connectivity index (χ2n) is 5.76. The molecule has 1 aromatic rings. The molecule has 1 aliphatic carbocycles. The van der Waals surface area contributed by atoms with Crippen molar-refractivity contribution in [3.63, 3.8) is 0 Å². The summed E-state index contributed by atoms with van der Waals surface area (Å²) >= 11 is 1.75. The summed E-state index contributed by atoms with van der Waals surface area (Å²) in [6, 6.07) is 0. The van der Waals surface area contributed by atoms with Crippen LogP contribution in [0.2, 0.25) is 0 Å². The van der Waals surface area contributed by atoms with E-state index in [0.717, 1.165) is 18.5 Å². The second kappa shape index (κ2) is 4.92. The van der Waals surface area contributed by atoms with E-state index < -0.39 is 5.60 Å². The number of hydrogen-bond donors (Lipinski definition) is 1. The molecule has 0 radical (unpaired) electrons. The zero-order chi connectivity index (χ0) is 13.3. The molecule has 0 aromatic carbocycles. The first-order chi connectivity index (χ1) is 8.40. The smallest absolute Gasteiger partial charge is 0.412 e. The molecule has 1 N–H and O–H groups in total. The highest BCUT2D eigenvalue weighted by atomic mass is 32.1. The summed E-state index contributed by atoms with van der Waals surface area (Å²) in [4.78, 5) is 13.2. The number of rotatable bonds is 2. The maximum atomic E-state index is 11.8. The zero-order valence-corrected chi connectivity index (χ0v) is 12.3. The van der Waals surface area contributed by atoms with Crippen LogP contribution < -0.4 is 5.32 Å². The predicted octanol–water partition coefficient (Wildman–Crippen LogP) is 4.53. The number of nitrogens with one attached hydrogen (secondary N) is 1. The Morgan fingerprint density at radius 2 is 2.28 bits per heavy atom. The maximum absolute atomic E-state index is 11.8. The van der Waals surface area contributed by atoms with Crippen LogP contribution in [0.1, 0.15) is 56.9 Å². The van der Waals surface area contributed by atoms with E-state index in [4.69, 9.17) is 4.74 Å². The van der Waals surface area contributed by atoms with Crippen LogP contribution in [-0.4, -0.2) is 11.7 Å². The number of ether oxygens (including phenoxy) is 1. The van der Waals surface area contributed by atoms with Gasteiger partial charge < -0.3 is 4.74 Å². The fraction of sp³-hybridized carbons (Fsp3) is 0.643. The number of aryl methyl sites for hydroxylation is 1. The van der Waals surface area contributed by atoms with Crippen LogP contribution in [0.25, 0.3) is 0 Å². The number of fused-ring (bicyclic) bond motifs is 1. The number of amides is 1. The van der Waals surface area contributed by atoms with Crippen molar-refractivity contribution in [2.75, 3.05) is 5.32 Å². The van der Waals surface area contributed by atoms with E-state index in [1.807, 2.05) is 26.2 Å². The summed E-state index contributed by atoms with van der Waals surface area (Å²) in [5.74, 6) is 0.594. The molecule has 0 spiro atoms. The van der Waals surface area contributed by atoms with E-state index in [1.54, 1.807) is 11.3 Å². The second-order valence-corrected chi connectivity index (χ2v) is 6.72. The lowest BCUT2D eigenvalue weighted by Gasteiger charge is -2.20. The molecule has 1 atom stereocenters. The van der Waals surface area contributed by atoms with Crippen LogP contribution in [0, 0.1) is 0 Å². The minimum absolute atomic E-state index is 0.357. The van der Waals surface area contributed by atoms with Gasteiger partial charge in [-0.05, 0) is 51.5 Å². The maximum Gasteiger partial charge on any atom is 0.412 e.